The molecule has 0 aliphatic heterocycles. The van der Waals surface area contributed by atoms with Gasteiger partial charge in [0, 0.05) is 15.3 Å². The number of ether oxygens (including phenoxy) is 1. The molecule has 3 aromatic rings. The van der Waals surface area contributed by atoms with Gasteiger partial charge in [0.25, 0.3) is 5.78 Å². The largest absolute Gasteiger partial charge is 0.478 e. The van der Waals surface area contributed by atoms with E-state index in [2.05, 4.69) is 15.1 Å². The van der Waals surface area contributed by atoms with E-state index in [0.29, 0.717) is 17.4 Å². The van der Waals surface area contributed by atoms with Gasteiger partial charge in [-0.3, -0.25) is 0 Å². The van der Waals surface area contributed by atoms with E-state index in [0.717, 1.165) is 3.57 Å². The van der Waals surface area contributed by atoms with Crippen molar-refractivity contribution in [2.24, 2.45) is 0 Å². The molecule has 3 rings (SSSR count). The highest BCUT2D eigenvalue weighted by atomic mass is 127. The van der Waals surface area contributed by atoms with E-state index < -0.39 is 5.97 Å². The number of halogens is 1. The number of nitrogens with zero attached hydrogens (tertiary/aromatic N) is 4. The van der Waals surface area contributed by atoms with Crippen LogP contribution < -0.4 is 4.74 Å². The smallest absolute Gasteiger partial charge is 0.339 e. The highest BCUT2D eigenvalue weighted by molar-refractivity contribution is 14.1. The van der Waals surface area contributed by atoms with E-state index in [-0.39, 0.29) is 11.3 Å². The number of rotatable bonds is 3. The van der Waals surface area contributed by atoms with E-state index in [1.165, 1.54) is 10.8 Å². The third-order valence-electron chi connectivity index (χ3n) is 2.73. The number of carboxylic acid groups (broad SMARTS) is 1. The molecule has 0 fully saturated rings. The van der Waals surface area contributed by atoms with Gasteiger partial charge >= 0.3 is 5.97 Å². The summed E-state index contributed by atoms with van der Waals surface area (Å²) in [5, 5.41) is 13.3. The number of aromatic nitrogens is 4. The van der Waals surface area contributed by atoms with Gasteiger partial charge in [0.15, 0.2) is 0 Å². The van der Waals surface area contributed by atoms with Crippen LogP contribution in [-0.2, 0) is 0 Å². The lowest BCUT2D eigenvalue weighted by molar-refractivity contribution is 0.0694. The maximum absolute atomic E-state index is 11.3. The summed E-state index contributed by atoms with van der Waals surface area (Å²) < 4.78 is 7.94. The van der Waals surface area contributed by atoms with Crippen LogP contribution in [-0.4, -0.2) is 30.7 Å². The topological polar surface area (TPSA) is 89.6 Å². The van der Waals surface area contributed by atoms with Crippen molar-refractivity contribution in [1.82, 2.24) is 19.6 Å². The molecule has 2 heterocycles. The predicted molar refractivity (Wildman–Crippen MR) is 81.7 cm³/mol. The minimum absolute atomic E-state index is 0.0876. The second kappa shape index (κ2) is 5.28. The molecule has 0 amide bonds. The normalized spacial score (nSPS) is 10.8. The first-order valence-electron chi connectivity index (χ1n) is 5.92. The Hall–Kier alpha value is -2.23. The van der Waals surface area contributed by atoms with Gasteiger partial charge in [-0.05, 0) is 47.7 Å². The molecular formula is C13H9IN4O3. The zero-order valence-electron chi connectivity index (χ0n) is 10.8. The summed E-state index contributed by atoms with van der Waals surface area (Å²) in [5.41, 5.74) is 0.789. The van der Waals surface area contributed by atoms with Gasteiger partial charge in [0.05, 0.1) is 0 Å². The van der Waals surface area contributed by atoms with Crippen molar-refractivity contribution in [3.63, 3.8) is 0 Å². The predicted octanol–water partition coefficient (Wildman–Crippen LogP) is 2.53. The lowest BCUT2D eigenvalue weighted by atomic mass is 10.2. The first kappa shape index (κ1) is 13.7. The first-order chi connectivity index (χ1) is 10.0. The van der Waals surface area contributed by atoms with Crippen LogP contribution in [0.1, 0.15) is 16.1 Å². The third-order valence-corrected chi connectivity index (χ3v) is 3.40. The Bertz CT molecular complexity index is 847. The van der Waals surface area contributed by atoms with E-state index in [9.17, 15) is 9.90 Å². The fourth-order valence-corrected chi connectivity index (χ4v) is 2.33. The second-order valence-electron chi connectivity index (χ2n) is 4.26. The quantitative estimate of drug-likeness (QED) is 0.685. The highest BCUT2D eigenvalue weighted by Crippen LogP contribution is 2.27. The Morgan fingerprint density at radius 2 is 2.19 bits per heavy atom. The molecule has 0 radical (unpaired) electrons. The monoisotopic (exact) mass is 396 g/mol. The number of fused-ring (bicyclic) bond motifs is 1. The summed E-state index contributed by atoms with van der Waals surface area (Å²) in [6.07, 6.45) is 1.36. The van der Waals surface area contributed by atoms with Crippen LogP contribution in [0.2, 0.25) is 0 Å². The molecule has 1 N–H and O–H groups in total. The summed E-state index contributed by atoms with van der Waals surface area (Å²) >= 11 is 2.05. The number of carboxylic acids is 1. The van der Waals surface area contributed by atoms with Crippen LogP contribution in [0.3, 0.4) is 0 Å². The van der Waals surface area contributed by atoms with E-state index in [1.54, 1.807) is 31.2 Å². The molecule has 0 saturated carbocycles. The third kappa shape index (κ3) is 2.66. The van der Waals surface area contributed by atoms with E-state index >= 15 is 0 Å². The minimum Gasteiger partial charge on any atom is -0.478 e. The number of aromatic carboxylic acids is 1. The average Bonchev–Trinajstić information content (AvgIpc) is 2.88. The lowest BCUT2D eigenvalue weighted by Crippen LogP contribution is -2.04. The van der Waals surface area contributed by atoms with Crippen molar-refractivity contribution in [2.75, 3.05) is 0 Å². The average molecular weight is 396 g/mol. The molecule has 21 heavy (non-hydrogen) atoms. The van der Waals surface area contributed by atoms with Crippen molar-refractivity contribution in [2.45, 2.75) is 6.92 Å². The zero-order chi connectivity index (χ0) is 15.0. The fourth-order valence-electron chi connectivity index (χ4n) is 1.84. The molecule has 0 atom stereocenters. The van der Waals surface area contributed by atoms with Gasteiger partial charge in [-0.15, -0.1) is 0 Å². The van der Waals surface area contributed by atoms with Crippen molar-refractivity contribution in [1.29, 1.82) is 0 Å². The maximum atomic E-state index is 11.3. The molecule has 7 nitrogen and oxygen atoms in total. The SMILES string of the molecule is Cc1cc(Oc2ccc(I)cc2C(=O)O)n2ncnc2n1. The maximum Gasteiger partial charge on any atom is 0.339 e. The molecule has 2 aromatic heterocycles. The number of carbonyl (C=O) groups is 1. The van der Waals surface area contributed by atoms with Gasteiger partial charge in [0.2, 0.25) is 5.88 Å². The van der Waals surface area contributed by atoms with Crippen LogP contribution in [0, 0.1) is 10.5 Å². The Balaban J connectivity index is 2.10. The van der Waals surface area contributed by atoms with Crippen molar-refractivity contribution in [3.8, 4) is 11.6 Å². The summed E-state index contributed by atoms with van der Waals surface area (Å²) in [6, 6.07) is 6.61. The first-order valence-corrected chi connectivity index (χ1v) is 7.00. The Labute approximate surface area is 132 Å². The molecule has 0 saturated heterocycles. The molecule has 0 bridgehead atoms. The van der Waals surface area contributed by atoms with Crippen LogP contribution in [0.5, 0.6) is 11.6 Å². The molecule has 0 aliphatic rings. The van der Waals surface area contributed by atoms with Crippen LogP contribution in [0.4, 0.5) is 0 Å². The fraction of sp³-hybridized carbons (Fsp3) is 0.0769. The number of aryl methyl sites for hydroxylation is 1. The summed E-state index contributed by atoms with van der Waals surface area (Å²) in [7, 11) is 0. The van der Waals surface area contributed by atoms with Gasteiger partial charge in [-0.25, -0.2) is 9.78 Å². The van der Waals surface area contributed by atoms with Crippen LogP contribution in [0.25, 0.3) is 5.78 Å². The standard InChI is InChI=1S/C13H9IN4O3/c1-7-4-11(18-13(17-7)15-6-16-18)21-10-3-2-8(14)5-9(10)12(19)20/h2-6H,1H3,(H,19,20). The number of hydrogen-bond donors (Lipinski definition) is 1. The molecular weight excluding hydrogens is 387 g/mol. The van der Waals surface area contributed by atoms with Crippen molar-refractivity contribution >= 4 is 34.3 Å². The second-order valence-corrected chi connectivity index (χ2v) is 5.50. The summed E-state index contributed by atoms with van der Waals surface area (Å²) in [4.78, 5) is 19.5. The Morgan fingerprint density at radius 1 is 1.38 bits per heavy atom. The molecule has 0 unspecified atom stereocenters. The van der Waals surface area contributed by atoms with Gasteiger partial charge in [0.1, 0.15) is 17.6 Å². The number of hydrogen-bond acceptors (Lipinski definition) is 5. The van der Waals surface area contributed by atoms with E-state index in [4.69, 9.17) is 4.74 Å². The van der Waals surface area contributed by atoms with Gasteiger partial charge in [-0.2, -0.15) is 14.6 Å². The molecule has 1 aromatic carbocycles. The van der Waals surface area contributed by atoms with Crippen molar-refractivity contribution in [3.05, 3.63) is 45.4 Å². The highest BCUT2D eigenvalue weighted by Gasteiger charge is 2.15. The Kier molecular flexibility index (Phi) is 3.45. The van der Waals surface area contributed by atoms with Gasteiger partial charge < -0.3 is 9.84 Å². The number of benzene rings is 1. The van der Waals surface area contributed by atoms with Gasteiger partial charge in [-0.1, -0.05) is 0 Å². The summed E-state index contributed by atoms with van der Waals surface area (Å²) in [5.74, 6) is -0.0551. The van der Waals surface area contributed by atoms with E-state index in [1.807, 2.05) is 22.6 Å². The van der Waals surface area contributed by atoms with Crippen LogP contribution in [0.15, 0.2) is 30.6 Å². The Morgan fingerprint density at radius 3 is 2.95 bits per heavy atom. The molecule has 8 heteroatoms. The summed E-state index contributed by atoms with van der Waals surface area (Å²) in [6.45, 7) is 1.80. The molecule has 0 spiro atoms. The molecule has 106 valence electrons. The molecule has 0 aliphatic carbocycles. The van der Waals surface area contributed by atoms with Crippen molar-refractivity contribution < 1.29 is 14.6 Å². The minimum atomic E-state index is -1.05. The van der Waals surface area contributed by atoms with Crippen LogP contribution >= 0.6 is 22.6 Å². The zero-order valence-corrected chi connectivity index (χ0v) is 13.0. The lowest BCUT2D eigenvalue weighted by Gasteiger charge is -2.10.